The van der Waals surface area contributed by atoms with Gasteiger partial charge in [-0.3, -0.25) is 9.05 Å². The summed E-state index contributed by atoms with van der Waals surface area (Å²) in [6, 6.07) is 9.27. The summed E-state index contributed by atoms with van der Waals surface area (Å²) in [5.41, 5.74) is -3.23. The topological polar surface area (TPSA) is 44.8 Å². The smallest absolute Gasteiger partial charge is 0.404 e. The van der Waals surface area contributed by atoms with E-state index in [4.69, 9.17) is 0 Å². The van der Waals surface area contributed by atoms with Crippen LogP contribution in [-0.4, -0.2) is 47.9 Å². The molecule has 0 radical (unpaired) electrons. The Morgan fingerprint density at radius 2 is 0.686 bits per heavy atom. The van der Waals surface area contributed by atoms with Crippen molar-refractivity contribution < 1.29 is 97.2 Å². The van der Waals surface area contributed by atoms with E-state index < -0.39 is 84.8 Å². The van der Waals surface area contributed by atoms with Crippen molar-refractivity contribution in [3.8, 4) is 5.75 Å². The van der Waals surface area contributed by atoms with Gasteiger partial charge >= 0.3 is 55.7 Å². The summed E-state index contributed by atoms with van der Waals surface area (Å²) < 4.78 is 280. The third kappa shape index (κ3) is 7.62. The van der Waals surface area contributed by atoms with Gasteiger partial charge in [0, 0.05) is 0 Å². The van der Waals surface area contributed by atoms with Gasteiger partial charge in [0.25, 0.3) is 0 Å². The van der Waals surface area contributed by atoms with Gasteiger partial charge in [-0.15, -0.1) is 0 Å². The molecule has 0 heterocycles. The fourth-order valence-corrected chi connectivity index (χ4v) is 5.51. The van der Waals surface area contributed by atoms with E-state index in [1.54, 1.807) is 0 Å². The molecular weight excluding hydrogens is 773 g/mol. The second-order valence-corrected chi connectivity index (χ2v) is 11.7. The van der Waals surface area contributed by atoms with E-state index in [-0.39, 0.29) is 24.3 Å². The van der Waals surface area contributed by atoms with Crippen molar-refractivity contribution in [3.63, 3.8) is 0 Å². The van der Waals surface area contributed by atoms with Crippen molar-refractivity contribution in [2.75, 3.05) is 0 Å². The lowest BCUT2D eigenvalue weighted by Crippen LogP contribution is -2.63. The van der Waals surface area contributed by atoms with Crippen LogP contribution in [0.1, 0.15) is 23.3 Å². The molecule has 0 aliphatic rings. The third-order valence-electron chi connectivity index (χ3n) is 6.63. The molecule has 2 unspecified atom stereocenters. The highest BCUT2D eigenvalue weighted by atomic mass is 31.2. The second kappa shape index (κ2) is 13.7. The molecule has 0 aliphatic heterocycles. The molecule has 0 amide bonds. The second-order valence-electron chi connectivity index (χ2n) is 10.2. The minimum Gasteiger partial charge on any atom is -0.404 e. The molecule has 0 bridgehead atoms. The molecule has 3 aromatic rings. The van der Waals surface area contributed by atoms with Crippen LogP contribution in [0.5, 0.6) is 5.75 Å². The van der Waals surface area contributed by atoms with Crippen LogP contribution in [0.25, 0.3) is 0 Å². The summed E-state index contributed by atoms with van der Waals surface area (Å²) in [5, 5.41) is 0. The minimum atomic E-state index is -7.66. The first-order valence-electron chi connectivity index (χ1n) is 13.2. The Balaban J connectivity index is 2.35. The molecule has 0 saturated carbocycles. The highest BCUT2D eigenvalue weighted by Gasteiger charge is 2.85. The lowest BCUT2D eigenvalue weighted by Gasteiger charge is -2.40. The van der Waals surface area contributed by atoms with Crippen LogP contribution in [0.15, 0.2) is 91.0 Å². The SMILES string of the molecule is O=P(Oc1ccccc1)(OC(c1ccccc1)C(F)(F)C(F)(F)C(F)(F)C(F)(F)F)OC(c1ccccc1)C(F)(F)C(F)(F)C(F)(F)C(F)(F)F. The number of benzene rings is 3. The van der Waals surface area contributed by atoms with E-state index in [9.17, 15) is 66.0 Å². The molecule has 3 rings (SSSR count). The normalized spacial score (nSPS) is 16.7. The van der Waals surface area contributed by atoms with Crippen molar-refractivity contribution >= 4 is 7.82 Å². The predicted molar refractivity (Wildman–Crippen MR) is 137 cm³/mol. The number of para-hydroxylation sites is 1. The Hall–Kier alpha value is -3.65. The van der Waals surface area contributed by atoms with Crippen molar-refractivity contribution in [3.05, 3.63) is 102 Å². The van der Waals surface area contributed by atoms with Crippen molar-refractivity contribution in [2.45, 2.75) is 60.1 Å². The molecule has 4 nitrogen and oxygen atoms in total. The Bertz CT molecular complexity index is 1550. The fraction of sp³-hybridized carbons (Fsp3) is 0.357. The van der Waals surface area contributed by atoms with Crippen molar-refractivity contribution in [1.82, 2.24) is 0 Å². The maximum atomic E-state index is 15.4. The molecule has 3 aromatic carbocycles. The molecule has 284 valence electrons. The molecule has 23 heteroatoms. The lowest BCUT2D eigenvalue weighted by molar-refractivity contribution is -0.407. The van der Waals surface area contributed by atoms with E-state index in [1.807, 2.05) is 0 Å². The molecule has 0 saturated heterocycles. The Kier molecular flexibility index (Phi) is 11.2. The quantitative estimate of drug-likeness (QED) is 0.121. The zero-order chi connectivity index (χ0) is 39.1. The van der Waals surface area contributed by atoms with Crippen LogP contribution >= 0.6 is 7.82 Å². The zero-order valence-corrected chi connectivity index (χ0v) is 25.1. The highest BCUT2D eigenvalue weighted by molar-refractivity contribution is 7.49. The molecule has 0 N–H and O–H groups in total. The summed E-state index contributed by atoms with van der Waals surface area (Å²) in [7, 11) is -7.08. The van der Waals surface area contributed by atoms with Crippen LogP contribution in [-0.2, 0) is 13.6 Å². The first-order valence-corrected chi connectivity index (χ1v) is 14.7. The van der Waals surface area contributed by atoms with Crippen molar-refractivity contribution in [2.24, 2.45) is 0 Å². The molecule has 51 heavy (non-hydrogen) atoms. The molecular formula is C28H17F18O4P. The number of halogens is 18. The monoisotopic (exact) mass is 790 g/mol. The van der Waals surface area contributed by atoms with Crippen LogP contribution in [0.3, 0.4) is 0 Å². The van der Waals surface area contributed by atoms with Gasteiger partial charge < -0.3 is 4.52 Å². The zero-order valence-electron chi connectivity index (χ0n) is 24.2. The maximum absolute atomic E-state index is 15.4. The van der Waals surface area contributed by atoms with E-state index in [1.165, 1.54) is 0 Å². The number of rotatable bonds is 14. The molecule has 0 aromatic heterocycles. The summed E-state index contributed by atoms with van der Waals surface area (Å²) in [6.45, 7) is 0. The first-order chi connectivity index (χ1) is 23.0. The number of hydrogen-bond donors (Lipinski definition) is 0. The van der Waals surface area contributed by atoms with E-state index in [0.29, 0.717) is 36.4 Å². The lowest BCUT2D eigenvalue weighted by atomic mass is 9.94. The van der Waals surface area contributed by atoms with Gasteiger partial charge in [0.1, 0.15) is 5.75 Å². The summed E-state index contributed by atoms with van der Waals surface area (Å²) >= 11 is 0. The summed E-state index contributed by atoms with van der Waals surface area (Å²) in [5.74, 6) is -45.6. The van der Waals surface area contributed by atoms with Crippen LogP contribution in [0.4, 0.5) is 79.0 Å². The fourth-order valence-electron chi connectivity index (χ4n) is 3.97. The molecule has 0 spiro atoms. The Morgan fingerprint density at radius 3 is 0.961 bits per heavy atom. The van der Waals surface area contributed by atoms with E-state index >= 15 is 17.6 Å². The van der Waals surface area contributed by atoms with Gasteiger partial charge in [-0.1, -0.05) is 78.9 Å². The number of hydrogen-bond acceptors (Lipinski definition) is 4. The maximum Gasteiger partial charge on any atom is 0.531 e. The average molecular weight is 790 g/mol. The van der Waals surface area contributed by atoms with Gasteiger partial charge in [-0.05, 0) is 23.3 Å². The van der Waals surface area contributed by atoms with Gasteiger partial charge in [-0.2, -0.15) is 79.0 Å². The Morgan fingerprint density at radius 1 is 0.412 bits per heavy atom. The summed E-state index contributed by atoms with van der Waals surface area (Å²) in [6.07, 6.45) is -23.8. The summed E-state index contributed by atoms with van der Waals surface area (Å²) in [4.78, 5) is 0. The minimum absolute atomic E-state index is 0.231. The predicted octanol–water partition coefficient (Wildman–Crippen LogP) is 11.6. The number of phosphoric acid groups is 1. The van der Waals surface area contributed by atoms with Gasteiger partial charge in [0.05, 0.1) is 0 Å². The van der Waals surface area contributed by atoms with Crippen LogP contribution in [0, 0.1) is 0 Å². The van der Waals surface area contributed by atoms with Gasteiger partial charge in [0.15, 0.2) is 12.2 Å². The Labute approximate surface area is 273 Å². The molecule has 0 aliphatic carbocycles. The van der Waals surface area contributed by atoms with Gasteiger partial charge in [0.2, 0.25) is 0 Å². The van der Waals surface area contributed by atoms with Crippen LogP contribution in [0.2, 0.25) is 0 Å². The molecule has 0 fully saturated rings. The van der Waals surface area contributed by atoms with Crippen LogP contribution < -0.4 is 4.52 Å². The molecule has 2 atom stereocenters. The largest absolute Gasteiger partial charge is 0.531 e. The van der Waals surface area contributed by atoms with Crippen molar-refractivity contribution in [1.29, 1.82) is 0 Å². The van der Waals surface area contributed by atoms with Gasteiger partial charge in [-0.25, -0.2) is 4.57 Å². The first kappa shape index (κ1) is 41.8. The van der Waals surface area contributed by atoms with E-state index in [0.717, 1.165) is 30.3 Å². The number of alkyl halides is 18. The third-order valence-corrected chi connectivity index (χ3v) is 8.00. The number of phosphoric ester groups is 1. The van der Waals surface area contributed by atoms with E-state index in [2.05, 4.69) is 13.6 Å². The highest BCUT2D eigenvalue weighted by Crippen LogP contribution is 2.66. The standard InChI is InChI=1S/C28H17F18O4P/c29-21(30,23(33,34)25(37,38)27(41,42)43)19(16-10-4-1-5-11-16)49-51(47,48-18-14-8-3-9-15-18)50-20(17-12-6-2-7-13-17)22(31,32)24(35,36)26(39,40)28(44,45)46/h1-15,19-20H. The average Bonchev–Trinajstić information content (AvgIpc) is 3.02.